The van der Waals surface area contributed by atoms with Gasteiger partial charge < -0.3 is 24.2 Å². The van der Waals surface area contributed by atoms with Crippen molar-refractivity contribution >= 4 is 17.1 Å². The van der Waals surface area contributed by atoms with Crippen molar-refractivity contribution in [3.8, 4) is 5.75 Å². The van der Waals surface area contributed by atoms with Crippen LogP contribution in [-0.4, -0.2) is 74.5 Å². The summed E-state index contributed by atoms with van der Waals surface area (Å²) in [6.45, 7) is 10.6. The zero-order valence-corrected chi connectivity index (χ0v) is 19.7. The molecule has 0 amide bonds. The molecule has 1 aliphatic rings. The Bertz CT molecular complexity index is 1250. The number of aliphatic hydroxyl groups excluding tert-OH is 1. The first-order valence-electron chi connectivity index (χ1n) is 11.3. The fourth-order valence-electron chi connectivity index (χ4n) is 4.16. The summed E-state index contributed by atoms with van der Waals surface area (Å²) in [4.78, 5) is 36.3. The highest BCUT2D eigenvalue weighted by atomic mass is 16.5. The van der Waals surface area contributed by atoms with Gasteiger partial charge in [-0.15, -0.1) is 0 Å². The lowest BCUT2D eigenvalue weighted by Gasteiger charge is -2.35. The monoisotopic (exact) mass is 456 g/mol. The van der Waals surface area contributed by atoms with Crippen LogP contribution in [0.5, 0.6) is 5.75 Å². The predicted molar refractivity (Wildman–Crippen MR) is 127 cm³/mol. The van der Waals surface area contributed by atoms with Gasteiger partial charge in [-0.1, -0.05) is 13.0 Å². The van der Waals surface area contributed by atoms with Gasteiger partial charge in [0.15, 0.2) is 11.2 Å². The zero-order valence-electron chi connectivity index (χ0n) is 19.7. The van der Waals surface area contributed by atoms with Gasteiger partial charge in [0.25, 0.3) is 5.56 Å². The van der Waals surface area contributed by atoms with E-state index in [0.717, 1.165) is 38.3 Å². The van der Waals surface area contributed by atoms with Gasteiger partial charge in [-0.2, -0.15) is 4.98 Å². The lowest BCUT2D eigenvalue weighted by molar-refractivity contribution is 0.0935. The summed E-state index contributed by atoms with van der Waals surface area (Å²) in [5.41, 5.74) is 1.84. The van der Waals surface area contributed by atoms with Gasteiger partial charge in [0.05, 0.1) is 6.54 Å². The topological polar surface area (TPSA) is 109 Å². The minimum atomic E-state index is -0.878. The molecule has 1 aromatic carbocycles. The van der Waals surface area contributed by atoms with E-state index in [1.807, 2.05) is 32.0 Å². The number of H-pyrrole nitrogens is 1. The Balaban J connectivity index is 1.63. The molecule has 2 aromatic heterocycles. The van der Waals surface area contributed by atoms with Crippen LogP contribution in [0.15, 0.2) is 27.8 Å². The number of fused-ring (bicyclic) bond motifs is 1. The van der Waals surface area contributed by atoms with E-state index in [1.54, 1.807) is 11.6 Å². The van der Waals surface area contributed by atoms with Gasteiger partial charge in [-0.3, -0.25) is 14.3 Å². The molecule has 0 spiro atoms. The first-order valence-corrected chi connectivity index (χ1v) is 11.3. The van der Waals surface area contributed by atoms with E-state index in [0.29, 0.717) is 17.3 Å². The van der Waals surface area contributed by atoms with Crippen LogP contribution < -0.4 is 20.9 Å². The van der Waals surface area contributed by atoms with Crippen molar-refractivity contribution in [2.45, 2.75) is 33.4 Å². The Kier molecular flexibility index (Phi) is 6.57. The minimum absolute atomic E-state index is 0.0644. The number of anilines is 1. The number of benzene rings is 1. The van der Waals surface area contributed by atoms with Crippen molar-refractivity contribution in [1.29, 1.82) is 0 Å². The number of rotatable bonds is 7. The molecule has 0 saturated carbocycles. The number of aromatic amines is 1. The third-order valence-electron chi connectivity index (χ3n) is 6.40. The van der Waals surface area contributed by atoms with Gasteiger partial charge >= 0.3 is 5.69 Å². The highest BCUT2D eigenvalue weighted by Crippen LogP contribution is 2.22. The summed E-state index contributed by atoms with van der Waals surface area (Å²) >= 11 is 0. The fourth-order valence-corrected chi connectivity index (χ4v) is 4.16. The van der Waals surface area contributed by atoms with Crippen molar-refractivity contribution < 1.29 is 9.84 Å². The van der Waals surface area contributed by atoms with Crippen LogP contribution in [0.4, 0.5) is 5.95 Å². The molecule has 0 aliphatic carbocycles. The van der Waals surface area contributed by atoms with E-state index in [9.17, 15) is 14.7 Å². The van der Waals surface area contributed by atoms with Crippen LogP contribution in [0.3, 0.4) is 0 Å². The third-order valence-corrected chi connectivity index (χ3v) is 6.40. The van der Waals surface area contributed by atoms with Crippen LogP contribution in [-0.2, 0) is 13.6 Å². The zero-order chi connectivity index (χ0) is 23.7. The number of imidazole rings is 1. The number of nitrogens with zero attached hydrogens (tertiary/aromatic N) is 5. The van der Waals surface area contributed by atoms with Crippen LogP contribution in [0, 0.1) is 13.8 Å². The van der Waals surface area contributed by atoms with Gasteiger partial charge in [-0.25, -0.2) is 4.79 Å². The van der Waals surface area contributed by atoms with E-state index in [2.05, 4.69) is 26.7 Å². The molecule has 0 bridgehead atoms. The lowest BCUT2D eigenvalue weighted by atomic mass is 10.1. The van der Waals surface area contributed by atoms with E-state index >= 15 is 0 Å². The molecule has 2 N–H and O–H groups in total. The fraction of sp³-hybridized carbons (Fsp3) is 0.522. The van der Waals surface area contributed by atoms with Gasteiger partial charge in [0, 0.05) is 33.2 Å². The summed E-state index contributed by atoms with van der Waals surface area (Å²) in [7, 11) is 1.58. The van der Waals surface area contributed by atoms with Crippen LogP contribution >= 0.6 is 0 Å². The number of nitrogens with one attached hydrogen (secondary N) is 1. The van der Waals surface area contributed by atoms with Crippen molar-refractivity contribution in [3.05, 3.63) is 50.2 Å². The predicted octanol–water partition coefficient (Wildman–Crippen LogP) is 0.622. The number of piperazine rings is 1. The summed E-state index contributed by atoms with van der Waals surface area (Å²) in [6, 6.07) is 5.79. The lowest BCUT2D eigenvalue weighted by Crippen LogP contribution is -2.47. The van der Waals surface area contributed by atoms with Crippen molar-refractivity contribution in [2.24, 2.45) is 7.05 Å². The van der Waals surface area contributed by atoms with Gasteiger partial charge in [-0.05, 0) is 43.7 Å². The third kappa shape index (κ3) is 4.67. The molecule has 4 rings (SSSR count). The molecule has 1 fully saturated rings. The average molecular weight is 457 g/mol. The van der Waals surface area contributed by atoms with Crippen molar-refractivity contribution in [1.82, 2.24) is 24.0 Å². The molecule has 178 valence electrons. The molecule has 33 heavy (non-hydrogen) atoms. The summed E-state index contributed by atoms with van der Waals surface area (Å²) in [5, 5.41) is 10.8. The Labute approximate surface area is 192 Å². The maximum atomic E-state index is 12.7. The Morgan fingerprint density at radius 1 is 1.15 bits per heavy atom. The Morgan fingerprint density at radius 3 is 2.55 bits per heavy atom. The number of aryl methyl sites for hydroxylation is 3. The smallest absolute Gasteiger partial charge is 0.329 e. The molecule has 1 atom stereocenters. The molecule has 1 aliphatic heterocycles. The number of aliphatic hydroxyl groups is 1. The van der Waals surface area contributed by atoms with E-state index in [-0.39, 0.29) is 18.7 Å². The first-order chi connectivity index (χ1) is 15.8. The molecule has 3 heterocycles. The Hall–Kier alpha value is -3.11. The quantitative estimate of drug-likeness (QED) is 0.537. The molecule has 0 unspecified atom stereocenters. The maximum absolute atomic E-state index is 12.7. The van der Waals surface area contributed by atoms with Gasteiger partial charge in [0.1, 0.15) is 18.5 Å². The van der Waals surface area contributed by atoms with Crippen LogP contribution in [0.1, 0.15) is 18.1 Å². The van der Waals surface area contributed by atoms with E-state index in [1.165, 1.54) is 10.1 Å². The molecular weight excluding hydrogens is 424 g/mol. The molecule has 3 aromatic rings. The normalized spacial score (nSPS) is 15.8. The van der Waals surface area contributed by atoms with Crippen LogP contribution in [0.25, 0.3) is 11.2 Å². The second kappa shape index (κ2) is 9.40. The number of aromatic nitrogens is 4. The van der Waals surface area contributed by atoms with Crippen molar-refractivity contribution in [3.63, 3.8) is 0 Å². The minimum Gasteiger partial charge on any atom is -0.491 e. The van der Waals surface area contributed by atoms with E-state index in [4.69, 9.17) is 4.74 Å². The molecule has 1 saturated heterocycles. The Morgan fingerprint density at radius 2 is 1.88 bits per heavy atom. The van der Waals surface area contributed by atoms with Crippen LogP contribution in [0.2, 0.25) is 0 Å². The standard InChI is InChI=1S/C23H32N6O4/c1-5-27-8-10-28(11-9-27)22-24-20-19(21(31)25-23(32)26(20)4)29(22)13-17(30)14-33-18-7-6-15(2)16(3)12-18/h6-7,12,17,30H,5,8-11,13-14H2,1-4H3,(H,25,31,32)/t17-/m1/s1. The largest absolute Gasteiger partial charge is 0.491 e. The first kappa shape index (κ1) is 23.1. The SMILES string of the molecule is CCN1CCN(c2nc3c(c(=O)[nH]c(=O)n3C)n2C[C@@H](O)COc2ccc(C)c(C)c2)CC1. The van der Waals surface area contributed by atoms with Gasteiger partial charge in [0.2, 0.25) is 5.95 Å². The van der Waals surface area contributed by atoms with Crippen molar-refractivity contribution in [2.75, 3.05) is 44.2 Å². The number of hydrogen-bond acceptors (Lipinski definition) is 7. The highest BCUT2D eigenvalue weighted by molar-refractivity contribution is 5.74. The number of ether oxygens (including phenoxy) is 1. The molecule has 10 heteroatoms. The molecule has 10 nitrogen and oxygen atoms in total. The summed E-state index contributed by atoms with van der Waals surface area (Å²) < 4.78 is 8.85. The highest BCUT2D eigenvalue weighted by Gasteiger charge is 2.25. The molecular formula is C23H32N6O4. The second-order valence-electron chi connectivity index (χ2n) is 8.65. The number of likely N-dealkylation sites (N-methyl/N-ethyl adjacent to an activating group) is 1. The maximum Gasteiger partial charge on any atom is 0.329 e. The molecule has 0 radical (unpaired) electrons. The number of hydrogen-bond donors (Lipinski definition) is 2. The summed E-state index contributed by atoms with van der Waals surface area (Å²) in [5.74, 6) is 1.27. The second-order valence-corrected chi connectivity index (χ2v) is 8.65. The van der Waals surface area contributed by atoms with E-state index < -0.39 is 17.4 Å². The summed E-state index contributed by atoms with van der Waals surface area (Å²) in [6.07, 6.45) is -0.878. The average Bonchev–Trinajstić information content (AvgIpc) is 3.18.